The molecular weight excluding hydrogens is 352 g/mol. The van der Waals surface area contributed by atoms with Gasteiger partial charge in [-0.1, -0.05) is 11.6 Å². The Morgan fingerprint density at radius 3 is 2.42 bits per heavy atom. The van der Waals surface area contributed by atoms with Crippen molar-refractivity contribution in [1.29, 1.82) is 0 Å². The Labute approximate surface area is 159 Å². The first-order valence-corrected chi connectivity index (χ1v) is 8.58. The van der Waals surface area contributed by atoms with Crippen LogP contribution in [0.1, 0.15) is 31.9 Å². The van der Waals surface area contributed by atoms with Crippen molar-refractivity contribution in [2.24, 2.45) is 5.10 Å². The van der Waals surface area contributed by atoms with Gasteiger partial charge in [0.25, 0.3) is 0 Å². The van der Waals surface area contributed by atoms with Gasteiger partial charge in [0.05, 0.1) is 19.7 Å². The molecule has 0 aromatic heterocycles. The zero-order chi connectivity index (χ0) is 19.2. The first-order valence-electron chi connectivity index (χ1n) is 8.20. The van der Waals surface area contributed by atoms with Crippen LogP contribution in [0.2, 0.25) is 5.02 Å². The number of methoxy groups -OCH3 is 1. The first-order chi connectivity index (χ1) is 12.3. The summed E-state index contributed by atoms with van der Waals surface area (Å²) in [5.74, 6) is 1.17. The lowest BCUT2D eigenvalue weighted by atomic mass is 10.1. The molecule has 0 spiro atoms. The minimum atomic E-state index is -0.260. The summed E-state index contributed by atoms with van der Waals surface area (Å²) in [7, 11) is 1.56. The minimum absolute atomic E-state index is 0.117. The highest BCUT2D eigenvalue weighted by atomic mass is 35.5. The number of carbonyl (C=O) groups excluding carboxylic acids is 1. The maximum atomic E-state index is 12.0. The Hall–Kier alpha value is -2.53. The number of hydrazone groups is 1. The number of carbonyl (C=O) groups is 1. The molecule has 26 heavy (non-hydrogen) atoms. The van der Waals surface area contributed by atoms with Crippen LogP contribution in [0.25, 0.3) is 0 Å². The predicted octanol–water partition coefficient (Wildman–Crippen LogP) is 4.22. The van der Waals surface area contributed by atoms with E-state index in [4.69, 9.17) is 21.1 Å². The number of hydrogen-bond acceptors (Lipinski definition) is 4. The number of ether oxygens (including phenoxy) is 2. The monoisotopic (exact) mass is 374 g/mol. The Balaban J connectivity index is 1.91. The van der Waals surface area contributed by atoms with E-state index in [1.165, 1.54) is 0 Å². The van der Waals surface area contributed by atoms with Gasteiger partial charge < -0.3 is 9.47 Å². The normalized spacial score (nSPS) is 11.4. The molecule has 0 heterocycles. The molecule has 0 atom stereocenters. The summed E-state index contributed by atoms with van der Waals surface area (Å²) in [5, 5.41) is 4.49. The van der Waals surface area contributed by atoms with E-state index in [0.29, 0.717) is 16.3 Å². The van der Waals surface area contributed by atoms with Crippen LogP contribution in [0.15, 0.2) is 47.6 Å². The highest BCUT2D eigenvalue weighted by Gasteiger charge is 2.11. The molecule has 6 heteroatoms. The van der Waals surface area contributed by atoms with E-state index in [2.05, 4.69) is 10.5 Å². The lowest BCUT2D eigenvalue weighted by Gasteiger charge is -2.21. The number of nitrogens with zero attached hydrogens (tertiary/aromatic N) is 1. The van der Waals surface area contributed by atoms with E-state index in [0.717, 1.165) is 11.3 Å². The molecule has 5 nitrogen and oxygen atoms in total. The quantitative estimate of drug-likeness (QED) is 0.608. The van der Waals surface area contributed by atoms with Gasteiger partial charge in [0.15, 0.2) is 0 Å². The number of benzene rings is 2. The molecule has 138 valence electrons. The second-order valence-corrected chi connectivity index (χ2v) is 7.12. The average Bonchev–Trinajstić information content (AvgIpc) is 2.57. The Morgan fingerprint density at radius 2 is 1.81 bits per heavy atom. The van der Waals surface area contributed by atoms with Crippen molar-refractivity contribution in [3.63, 3.8) is 0 Å². The van der Waals surface area contributed by atoms with Gasteiger partial charge in [0, 0.05) is 5.02 Å². The molecule has 0 bridgehead atoms. The summed E-state index contributed by atoms with van der Waals surface area (Å²) in [6.07, 6.45) is 1.69. The van der Waals surface area contributed by atoms with Crippen molar-refractivity contribution >= 4 is 23.7 Å². The molecule has 0 saturated carbocycles. The highest BCUT2D eigenvalue weighted by molar-refractivity contribution is 6.31. The van der Waals surface area contributed by atoms with E-state index in [9.17, 15) is 4.79 Å². The molecule has 0 fully saturated rings. The molecule has 0 aliphatic rings. The third kappa shape index (κ3) is 6.41. The second-order valence-electron chi connectivity index (χ2n) is 6.71. The number of nitrogens with one attached hydrogen (secondary N) is 1. The van der Waals surface area contributed by atoms with Crippen molar-refractivity contribution in [2.45, 2.75) is 32.8 Å². The molecule has 0 unspecified atom stereocenters. The van der Waals surface area contributed by atoms with Crippen LogP contribution in [0.4, 0.5) is 0 Å². The van der Waals surface area contributed by atoms with E-state index in [-0.39, 0.29) is 17.9 Å². The molecule has 0 radical (unpaired) electrons. The smallest absolute Gasteiger partial charge is 0.244 e. The fourth-order valence-corrected chi connectivity index (χ4v) is 2.36. The Bertz CT molecular complexity index is 781. The lowest BCUT2D eigenvalue weighted by Crippen LogP contribution is -2.22. The Morgan fingerprint density at radius 1 is 1.15 bits per heavy atom. The first kappa shape index (κ1) is 19.8. The van der Waals surface area contributed by atoms with Crippen LogP contribution in [0, 0.1) is 0 Å². The molecular formula is C20H23ClN2O3. The van der Waals surface area contributed by atoms with E-state index in [1.807, 2.05) is 45.0 Å². The van der Waals surface area contributed by atoms with Gasteiger partial charge in [-0.05, 0) is 74.4 Å². The van der Waals surface area contributed by atoms with Crippen molar-refractivity contribution in [3.05, 3.63) is 58.6 Å². The number of hydrogen-bond donors (Lipinski definition) is 1. The van der Waals surface area contributed by atoms with E-state index in [1.54, 1.807) is 31.5 Å². The number of amides is 1. The fourth-order valence-electron chi connectivity index (χ4n) is 2.18. The Kier molecular flexibility index (Phi) is 6.64. The summed E-state index contributed by atoms with van der Waals surface area (Å²) in [4.78, 5) is 12.0. The number of rotatable bonds is 6. The van der Waals surface area contributed by atoms with Crippen LogP contribution in [-0.2, 0) is 11.2 Å². The van der Waals surface area contributed by atoms with Gasteiger partial charge >= 0.3 is 0 Å². The van der Waals surface area contributed by atoms with Crippen LogP contribution < -0.4 is 14.9 Å². The zero-order valence-corrected chi connectivity index (χ0v) is 16.1. The third-order valence-electron chi connectivity index (χ3n) is 3.31. The molecule has 0 saturated heterocycles. The van der Waals surface area contributed by atoms with Gasteiger partial charge in [-0.25, -0.2) is 5.43 Å². The maximum absolute atomic E-state index is 12.0. The summed E-state index contributed by atoms with van der Waals surface area (Å²) in [6.45, 7) is 5.98. The van der Waals surface area contributed by atoms with Crippen molar-refractivity contribution in [3.8, 4) is 11.5 Å². The molecule has 2 aromatic carbocycles. The lowest BCUT2D eigenvalue weighted by molar-refractivity contribution is -0.120. The number of halogens is 1. The van der Waals surface area contributed by atoms with E-state index < -0.39 is 0 Å². The van der Waals surface area contributed by atoms with Crippen LogP contribution in [0.3, 0.4) is 0 Å². The predicted molar refractivity (Wildman–Crippen MR) is 104 cm³/mol. The van der Waals surface area contributed by atoms with Crippen molar-refractivity contribution in [1.82, 2.24) is 5.43 Å². The summed E-state index contributed by atoms with van der Waals surface area (Å²) in [5.41, 5.74) is 3.79. The maximum Gasteiger partial charge on any atom is 0.244 e. The molecule has 0 aliphatic heterocycles. The largest absolute Gasteiger partial charge is 0.497 e. The van der Waals surface area contributed by atoms with Crippen molar-refractivity contribution in [2.75, 3.05) is 7.11 Å². The van der Waals surface area contributed by atoms with Crippen LogP contribution >= 0.6 is 11.6 Å². The fraction of sp³-hybridized carbons (Fsp3) is 0.300. The third-order valence-corrected chi connectivity index (χ3v) is 3.68. The van der Waals surface area contributed by atoms with Gasteiger partial charge in [-0.2, -0.15) is 5.10 Å². The van der Waals surface area contributed by atoms with Gasteiger partial charge in [-0.15, -0.1) is 0 Å². The van der Waals surface area contributed by atoms with Crippen LogP contribution in [-0.4, -0.2) is 24.8 Å². The molecule has 0 aliphatic carbocycles. The second kappa shape index (κ2) is 8.72. The molecule has 2 aromatic rings. The van der Waals surface area contributed by atoms with Crippen molar-refractivity contribution < 1.29 is 14.3 Å². The van der Waals surface area contributed by atoms with Gasteiger partial charge in [0.1, 0.15) is 17.1 Å². The zero-order valence-electron chi connectivity index (χ0n) is 15.4. The summed E-state index contributed by atoms with van der Waals surface area (Å²) in [6, 6.07) is 12.7. The topological polar surface area (TPSA) is 59.9 Å². The average molecular weight is 375 g/mol. The highest BCUT2D eigenvalue weighted by Crippen LogP contribution is 2.22. The molecule has 2 rings (SSSR count). The van der Waals surface area contributed by atoms with Crippen LogP contribution in [0.5, 0.6) is 11.5 Å². The standard InChI is InChI=1S/C20H23ClN2O3/c1-20(2,3)26-16-7-5-14(6-8-16)13-22-23-19(24)12-15-11-17(25-4)9-10-18(15)21/h5-11,13H,12H2,1-4H3,(H,23,24)/b22-13+. The van der Waals surface area contributed by atoms with E-state index >= 15 is 0 Å². The molecule has 1 amide bonds. The minimum Gasteiger partial charge on any atom is -0.497 e. The summed E-state index contributed by atoms with van der Waals surface area (Å²) < 4.78 is 10.9. The van der Waals surface area contributed by atoms with Gasteiger partial charge in [0.2, 0.25) is 5.91 Å². The SMILES string of the molecule is COc1ccc(Cl)c(CC(=O)N/N=C/c2ccc(OC(C)(C)C)cc2)c1. The summed E-state index contributed by atoms with van der Waals surface area (Å²) >= 11 is 6.10. The molecule has 1 N–H and O–H groups in total. The van der Waals surface area contributed by atoms with Gasteiger partial charge in [-0.3, -0.25) is 4.79 Å².